The van der Waals surface area contributed by atoms with Crippen LogP contribution in [0.25, 0.3) is 0 Å². The molecule has 2 aromatic heterocycles. The fraction of sp³-hybridized carbons (Fsp3) is 0.545. The summed E-state index contributed by atoms with van der Waals surface area (Å²) < 4.78 is 1.72. The summed E-state index contributed by atoms with van der Waals surface area (Å²) in [6.45, 7) is 3.78. The molecular weight excluding hydrogens is 234 g/mol. The van der Waals surface area contributed by atoms with E-state index in [0.717, 1.165) is 30.9 Å². The van der Waals surface area contributed by atoms with Crippen molar-refractivity contribution in [3.63, 3.8) is 0 Å². The van der Waals surface area contributed by atoms with E-state index >= 15 is 0 Å². The van der Waals surface area contributed by atoms with Crippen LogP contribution in [0.15, 0.2) is 11.6 Å². The highest BCUT2D eigenvalue weighted by Gasteiger charge is 2.07. The molecule has 2 heterocycles. The zero-order valence-corrected chi connectivity index (χ0v) is 11.2. The van der Waals surface area contributed by atoms with Gasteiger partial charge in [0.25, 0.3) is 0 Å². The topological polar surface area (TPSA) is 46.8 Å². The van der Waals surface area contributed by atoms with Crippen LogP contribution in [0.3, 0.4) is 0 Å². The second kappa shape index (κ2) is 5.37. The third-order valence-electron chi connectivity index (χ3n) is 2.42. The summed E-state index contributed by atoms with van der Waals surface area (Å²) in [4.78, 5) is 6.74. The lowest BCUT2D eigenvalue weighted by Crippen LogP contribution is -2.17. The van der Waals surface area contributed by atoms with E-state index in [2.05, 4.69) is 39.5 Å². The number of thiazole rings is 1. The average Bonchev–Trinajstić information content (AvgIpc) is 2.88. The van der Waals surface area contributed by atoms with Crippen LogP contribution in [0.4, 0.5) is 0 Å². The van der Waals surface area contributed by atoms with Crippen LogP contribution >= 0.6 is 11.3 Å². The number of hydrogen-bond acceptors (Lipinski definition) is 5. The Kier molecular flexibility index (Phi) is 3.86. The summed E-state index contributed by atoms with van der Waals surface area (Å²) in [6.07, 6.45) is 2.95. The van der Waals surface area contributed by atoms with Crippen molar-refractivity contribution < 1.29 is 0 Å². The third kappa shape index (κ3) is 3.34. The molecule has 2 aromatic rings. The van der Waals surface area contributed by atoms with Crippen molar-refractivity contribution >= 4 is 11.3 Å². The van der Waals surface area contributed by atoms with Crippen molar-refractivity contribution in [2.45, 2.75) is 26.4 Å². The Morgan fingerprint density at radius 3 is 2.71 bits per heavy atom. The maximum Gasteiger partial charge on any atom is 0.0967 e. The minimum atomic E-state index is 0.798. The summed E-state index contributed by atoms with van der Waals surface area (Å²) in [5.41, 5.74) is 2.12. The molecule has 0 aliphatic carbocycles. The van der Waals surface area contributed by atoms with Crippen LogP contribution in [0.5, 0.6) is 0 Å². The fourth-order valence-corrected chi connectivity index (χ4v) is 2.40. The third-order valence-corrected chi connectivity index (χ3v) is 3.46. The van der Waals surface area contributed by atoms with E-state index in [-0.39, 0.29) is 0 Å². The lowest BCUT2D eigenvalue weighted by Gasteiger charge is -2.12. The molecular formula is C11H17N5S. The van der Waals surface area contributed by atoms with Crippen molar-refractivity contribution in [1.29, 1.82) is 0 Å². The van der Waals surface area contributed by atoms with Gasteiger partial charge in [-0.25, -0.2) is 4.98 Å². The molecule has 0 radical (unpaired) electrons. The molecule has 2 rings (SSSR count). The molecule has 0 aliphatic rings. The predicted octanol–water partition coefficient (Wildman–Crippen LogP) is 1.47. The molecule has 0 amide bonds. The van der Waals surface area contributed by atoms with Gasteiger partial charge in [0.2, 0.25) is 0 Å². The van der Waals surface area contributed by atoms with Gasteiger partial charge < -0.3 is 0 Å². The molecule has 6 heteroatoms. The van der Waals surface area contributed by atoms with Crippen molar-refractivity contribution in [2.24, 2.45) is 7.05 Å². The molecule has 0 N–H and O–H groups in total. The van der Waals surface area contributed by atoms with Crippen LogP contribution in [-0.2, 0) is 26.6 Å². The van der Waals surface area contributed by atoms with Crippen LogP contribution in [-0.4, -0.2) is 31.9 Å². The van der Waals surface area contributed by atoms with Gasteiger partial charge in [-0.05, 0) is 13.5 Å². The molecule has 0 unspecified atom stereocenters. The van der Waals surface area contributed by atoms with Gasteiger partial charge >= 0.3 is 0 Å². The lowest BCUT2D eigenvalue weighted by atomic mass is 10.4. The summed E-state index contributed by atoms with van der Waals surface area (Å²) >= 11 is 1.73. The van der Waals surface area contributed by atoms with Crippen molar-refractivity contribution in [1.82, 2.24) is 24.9 Å². The average molecular weight is 251 g/mol. The molecule has 0 spiro atoms. The molecule has 17 heavy (non-hydrogen) atoms. The first-order chi connectivity index (χ1) is 8.17. The molecule has 0 atom stereocenters. The van der Waals surface area contributed by atoms with Crippen LogP contribution in [0.2, 0.25) is 0 Å². The Hall–Kier alpha value is -1.27. The number of aromatic nitrogens is 4. The fourth-order valence-electron chi connectivity index (χ4n) is 1.66. The van der Waals surface area contributed by atoms with Gasteiger partial charge in [0.1, 0.15) is 0 Å². The second-order valence-electron chi connectivity index (χ2n) is 4.14. The molecule has 0 fully saturated rings. The van der Waals surface area contributed by atoms with E-state index in [9.17, 15) is 0 Å². The highest BCUT2D eigenvalue weighted by atomic mass is 32.1. The van der Waals surface area contributed by atoms with Gasteiger partial charge in [-0.2, -0.15) is 0 Å². The summed E-state index contributed by atoms with van der Waals surface area (Å²) in [6, 6.07) is 0. The molecule has 0 aromatic carbocycles. The highest BCUT2D eigenvalue weighted by Crippen LogP contribution is 2.12. The van der Waals surface area contributed by atoms with Crippen molar-refractivity contribution in [2.75, 3.05) is 7.05 Å². The molecule has 5 nitrogen and oxygen atoms in total. The van der Waals surface area contributed by atoms with E-state index in [1.54, 1.807) is 16.0 Å². The smallest absolute Gasteiger partial charge is 0.0967 e. The zero-order chi connectivity index (χ0) is 12.3. The first-order valence-electron chi connectivity index (χ1n) is 5.64. The minimum Gasteiger partial charge on any atom is -0.295 e. The van der Waals surface area contributed by atoms with Gasteiger partial charge in [0.15, 0.2) is 0 Å². The van der Waals surface area contributed by atoms with E-state index in [1.807, 2.05) is 13.2 Å². The summed E-state index contributed by atoms with van der Waals surface area (Å²) in [5, 5.41) is 11.3. The van der Waals surface area contributed by atoms with Crippen molar-refractivity contribution in [3.8, 4) is 0 Å². The Morgan fingerprint density at radius 2 is 2.12 bits per heavy atom. The summed E-state index contributed by atoms with van der Waals surface area (Å²) in [7, 11) is 3.95. The van der Waals surface area contributed by atoms with E-state index in [4.69, 9.17) is 0 Å². The van der Waals surface area contributed by atoms with Crippen LogP contribution in [0, 0.1) is 0 Å². The Labute approximate surface area is 105 Å². The van der Waals surface area contributed by atoms with Gasteiger partial charge in [-0.3, -0.25) is 9.58 Å². The molecule has 0 saturated carbocycles. The molecule has 0 saturated heterocycles. The second-order valence-corrected chi connectivity index (χ2v) is 5.08. The predicted molar refractivity (Wildman–Crippen MR) is 67.7 cm³/mol. The maximum absolute atomic E-state index is 4.55. The van der Waals surface area contributed by atoms with Gasteiger partial charge in [0, 0.05) is 31.7 Å². The summed E-state index contributed by atoms with van der Waals surface area (Å²) in [5.74, 6) is 0. The standard InChI is InChI=1S/C11H17N5S/c1-4-11-12-10(8-17-11)6-15(2)5-9-7-16(3)14-13-9/h7-8H,4-6H2,1-3H3. The Morgan fingerprint density at radius 1 is 1.35 bits per heavy atom. The van der Waals surface area contributed by atoms with Gasteiger partial charge in [-0.1, -0.05) is 12.1 Å². The zero-order valence-electron chi connectivity index (χ0n) is 10.4. The quantitative estimate of drug-likeness (QED) is 0.807. The van der Waals surface area contributed by atoms with Gasteiger partial charge in [0.05, 0.1) is 16.4 Å². The van der Waals surface area contributed by atoms with E-state index < -0.39 is 0 Å². The first-order valence-corrected chi connectivity index (χ1v) is 6.52. The Balaban J connectivity index is 1.90. The van der Waals surface area contributed by atoms with Crippen molar-refractivity contribution in [3.05, 3.63) is 28.0 Å². The van der Waals surface area contributed by atoms with E-state index in [1.165, 1.54) is 5.01 Å². The SMILES string of the molecule is CCc1nc(CN(C)Cc2cn(C)nn2)cs1. The lowest BCUT2D eigenvalue weighted by molar-refractivity contribution is 0.311. The van der Waals surface area contributed by atoms with Crippen LogP contribution < -0.4 is 0 Å². The first kappa shape index (κ1) is 12.2. The monoisotopic (exact) mass is 251 g/mol. The maximum atomic E-state index is 4.55. The Bertz CT molecular complexity index is 476. The normalized spacial score (nSPS) is 11.3. The number of aryl methyl sites for hydroxylation is 2. The largest absolute Gasteiger partial charge is 0.295 e. The number of nitrogens with zero attached hydrogens (tertiary/aromatic N) is 5. The van der Waals surface area contributed by atoms with Gasteiger partial charge in [-0.15, -0.1) is 16.4 Å². The van der Waals surface area contributed by atoms with Crippen LogP contribution in [0.1, 0.15) is 23.3 Å². The highest BCUT2D eigenvalue weighted by molar-refractivity contribution is 7.09. The molecule has 0 bridgehead atoms. The minimum absolute atomic E-state index is 0.798. The number of hydrogen-bond donors (Lipinski definition) is 0. The molecule has 0 aliphatic heterocycles. The molecule has 92 valence electrons. The number of rotatable bonds is 5. The van der Waals surface area contributed by atoms with E-state index in [0.29, 0.717) is 0 Å².